The minimum absolute atomic E-state index is 0.0707. The average molecular weight is 495 g/mol. The highest BCUT2D eigenvalue weighted by molar-refractivity contribution is 9.10. The topological polar surface area (TPSA) is 104 Å². The second-order valence-corrected chi connectivity index (χ2v) is 8.80. The van der Waals surface area contributed by atoms with Crippen molar-refractivity contribution in [2.75, 3.05) is 4.90 Å². The lowest BCUT2D eigenvalue weighted by Crippen LogP contribution is -2.39. The molecule has 1 fully saturated rings. The van der Waals surface area contributed by atoms with E-state index in [1.165, 1.54) is 9.91 Å². The van der Waals surface area contributed by atoms with Gasteiger partial charge in [-0.25, -0.2) is 4.90 Å². The van der Waals surface area contributed by atoms with E-state index >= 15 is 0 Å². The molecule has 0 N–H and O–H groups in total. The first-order chi connectivity index (χ1) is 15.4. The number of fused-ring (bicyclic) bond motifs is 1. The number of benzene rings is 2. The number of hydrogen-bond acceptors (Lipinski definition) is 8. The molecule has 1 aromatic heterocycles. The van der Waals surface area contributed by atoms with E-state index in [-0.39, 0.29) is 24.2 Å². The Morgan fingerprint density at radius 2 is 1.81 bits per heavy atom. The van der Waals surface area contributed by atoms with Crippen LogP contribution in [0.2, 0.25) is 0 Å². The predicted octanol–water partition coefficient (Wildman–Crippen LogP) is 4.12. The maximum Gasteiger partial charge on any atom is 0.263 e. The zero-order chi connectivity index (χ0) is 22.4. The molecule has 2 amide bonds. The summed E-state index contributed by atoms with van der Waals surface area (Å²) >= 11 is 3.47. The van der Waals surface area contributed by atoms with Gasteiger partial charge >= 0.3 is 0 Å². The third kappa shape index (κ3) is 3.40. The average Bonchev–Trinajstić information content (AvgIpc) is 3.47. The summed E-state index contributed by atoms with van der Waals surface area (Å²) in [5.41, 5.74) is 2.45. The molecule has 9 nitrogen and oxygen atoms in total. The summed E-state index contributed by atoms with van der Waals surface area (Å²) in [5.74, 6) is 0.292. The molecule has 2 atom stereocenters. The fraction of sp³-hybridized carbons (Fsp3) is 0.273. The second-order valence-electron chi connectivity index (χ2n) is 7.94. The van der Waals surface area contributed by atoms with Crippen LogP contribution in [0.5, 0.6) is 0 Å². The summed E-state index contributed by atoms with van der Waals surface area (Å²) < 4.78 is 6.20. The molecule has 3 heterocycles. The van der Waals surface area contributed by atoms with E-state index in [2.05, 4.69) is 50.3 Å². The second kappa shape index (κ2) is 7.94. The maximum absolute atomic E-state index is 13.2. The van der Waals surface area contributed by atoms with Gasteiger partial charge in [-0.1, -0.05) is 64.4 Å². The molecule has 10 heteroatoms. The van der Waals surface area contributed by atoms with Gasteiger partial charge in [-0.15, -0.1) is 0 Å². The van der Waals surface area contributed by atoms with Gasteiger partial charge in [0.2, 0.25) is 11.7 Å². The Balaban J connectivity index is 1.35. The summed E-state index contributed by atoms with van der Waals surface area (Å²) in [6.07, 6.45) is 0. The largest absolute Gasteiger partial charge is 0.337 e. The lowest BCUT2D eigenvalue weighted by molar-refractivity contribution is -0.123. The number of halogens is 1. The van der Waals surface area contributed by atoms with Crippen LogP contribution >= 0.6 is 15.9 Å². The monoisotopic (exact) mass is 494 g/mol. The molecule has 32 heavy (non-hydrogen) atoms. The van der Waals surface area contributed by atoms with E-state index in [0.29, 0.717) is 17.4 Å². The summed E-state index contributed by atoms with van der Waals surface area (Å²) in [6.45, 7) is 4.24. The number of rotatable bonds is 5. The number of nitrogens with zero attached hydrogens (tertiary/aromatic N) is 6. The van der Waals surface area contributed by atoms with Gasteiger partial charge in [-0.3, -0.25) is 14.6 Å². The molecule has 0 aliphatic carbocycles. The summed E-state index contributed by atoms with van der Waals surface area (Å²) in [5, 5.41) is 13.5. The van der Waals surface area contributed by atoms with Gasteiger partial charge in [0.05, 0.1) is 5.69 Å². The Bertz CT molecular complexity index is 1220. The highest BCUT2D eigenvalue weighted by Gasteiger charge is 2.55. The highest BCUT2D eigenvalue weighted by atomic mass is 79.9. The molecule has 0 radical (unpaired) electrons. The summed E-state index contributed by atoms with van der Waals surface area (Å²) in [6, 6.07) is 13.2. The first kappa shape index (κ1) is 20.5. The first-order valence-corrected chi connectivity index (χ1v) is 11.0. The van der Waals surface area contributed by atoms with Crippen molar-refractivity contribution in [3.05, 3.63) is 64.5 Å². The Hall–Kier alpha value is -3.40. The molecule has 0 bridgehead atoms. The van der Waals surface area contributed by atoms with Crippen LogP contribution in [0.4, 0.5) is 5.69 Å². The smallest absolute Gasteiger partial charge is 0.263 e. The number of carbonyl (C=O) groups excluding carboxylic acids is 2. The molecule has 0 unspecified atom stereocenters. The summed E-state index contributed by atoms with van der Waals surface area (Å²) in [4.78, 5) is 31.7. The minimum atomic E-state index is -0.877. The Morgan fingerprint density at radius 3 is 2.53 bits per heavy atom. The van der Waals surface area contributed by atoms with Gasteiger partial charge < -0.3 is 4.52 Å². The van der Waals surface area contributed by atoms with Crippen molar-refractivity contribution in [2.45, 2.75) is 38.4 Å². The van der Waals surface area contributed by atoms with Crippen molar-refractivity contribution >= 4 is 33.4 Å². The van der Waals surface area contributed by atoms with Crippen LogP contribution in [0.25, 0.3) is 11.4 Å². The van der Waals surface area contributed by atoms with Gasteiger partial charge in [0.15, 0.2) is 12.1 Å². The van der Waals surface area contributed by atoms with Crippen LogP contribution in [0, 0.1) is 0 Å². The summed E-state index contributed by atoms with van der Waals surface area (Å²) in [7, 11) is 0. The number of aromatic nitrogens is 2. The third-order valence-corrected chi connectivity index (χ3v) is 6.25. The van der Waals surface area contributed by atoms with E-state index < -0.39 is 12.1 Å². The van der Waals surface area contributed by atoms with Crippen LogP contribution in [-0.4, -0.2) is 39.0 Å². The van der Waals surface area contributed by atoms with Gasteiger partial charge in [-0.2, -0.15) is 10.1 Å². The molecule has 2 aromatic carbocycles. The van der Waals surface area contributed by atoms with Crippen molar-refractivity contribution in [1.29, 1.82) is 0 Å². The first-order valence-electron chi connectivity index (χ1n) is 10.2. The van der Waals surface area contributed by atoms with Gasteiger partial charge in [0.25, 0.3) is 11.8 Å². The van der Waals surface area contributed by atoms with Crippen molar-refractivity contribution in [2.24, 2.45) is 10.3 Å². The van der Waals surface area contributed by atoms with Crippen LogP contribution in [-0.2, 0) is 16.1 Å². The molecule has 2 aliphatic rings. The fourth-order valence-electron chi connectivity index (χ4n) is 3.83. The zero-order valence-corrected chi connectivity index (χ0v) is 18.9. The van der Waals surface area contributed by atoms with E-state index in [9.17, 15) is 9.59 Å². The Kier molecular flexibility index (Phi) is 5.09. The predicted molar refractivity (Wildman–Crippen MR) is 118 cm³/mol. The van der Waals surface area contributed by atoms with Crippen molar-refractivity contribution in [3.8, 4) is 11.4 Å². The van der Waals surface area contributed by atoms with Gasteiger partial charge in [-0.05, 0) is 35.7 Å². The van der Waals surface area contributed by atoms with E-state index in [0.717, 1.165) is 15.6 Å². The molecule has 0 spiro atoms. The number of hydrogen-bond donors (Lipinski definition) is 0. The number of imide groups is 1. The lowest BCUT2D eigenvalue weighted by Gasteiger charge is -2.19. The van der Waals surface area contributed by atoms with Crippen molar-refractivity contribution < 1.29 is 14.1 Å². The fourth-order valence-corrected chi connectivity index (χ4v) is 4.29. The standard InChI is InChI=1S/C22H19BrN6O3/c1-12(2)13-7-9-14(10-8-13)29-21(30)18-19(22(29)31)28(27-25-18)11-17-24-20(26-32-17)15-5-3-4-6-16(15)23/h3-10,12,18-19H,11H2,1-2H3/t18-,19+/m1/s1. The van der Waals surface area contributed by atoms with Crippen LogP contribution in [0.3, 0.4) is 0 Å². The Morgan fingerprint density at radius 1 is 1.06 bits per heavy atom. The SMILES string of the molecule is CC(C)c1ccc(N2C(=O)[C@@H]3[C@@H](N=NN3Cc3nc(-c4ccccc4Br)no3)C2=O)cc1. The maximum atomic E-state index is 13.2. The molecule has 2 aliphatic heterocycles. The number of anilines is 1. The lowest BCUT2D eigenvalue weighted by atomic mass is 10.0. The van der Waals surface area contributed by atoms with Crippen LogP contribution < -0.4 is 4.90 Å². The molecule has 1 saturated heterocycles. The number of amides is 2. The third-order valence-electron chi connectivity index (χ3n) is 5.56. The van der Waals surface area contributed by atoms with Crippen LogP contribution in [0.1, 0.15) is 31.2 Å². The molecular formula is C22H19BrN6O3. The molecule has 5 rings (SSSR count). The van der Waals surface area contributed by atoms with Crippen molar-refractivity contribution in [3.63, 3.8) is 0 Å². The molecule has 3 aromatic rings. The normalized spacial score (nSPS) is 20.0. The van der Waals surface area contributed by atoms with Gasteiger partial charge in [0.1, 0.15) is 6.54 Å². The quantitative estimate of drug-likeness (QED) is 0.494. The zero-order valence-electron chi connectivity index (χ0n) is 17.3. The molecule has 0 saturated carbocycles. The number of carbonyl (C=O) groups is 2. The molecule has 162 valence electrons. The van der Waals surface area contributed by atoms with Crippen LogP contribution in [0.15, 0.2) is 67.9 Å². The van der Waals surface area contributed by atoms with E-state index in [1.807, 2.05) is 36.4 Å². The highest BCUT2D eigenvalue weighted by Crippen LogP contribution is 2.33. The van der Waals surface area contributed by atoms with E-state index in [4.69, 9.17) is 4.52 Å². The molecular weight excluding hydrogens is 476 g/mol. The Labute approximate surface area is 192 Å². The minimum Gasteiger partial charge on any atom is -0.337 e. The van der Waals surface area contributed by atoms with Crippen molar-refractivity contribution in [1.82, 2.24) is 15.1 Å². The van der Waals surface area contributed by atoms with E-state index in [1.54, 1.807) is 12.1 Å². The van der Waals surface area contributed by atoms with Gasteiger partial charge in [0, 0.05) is 10.0 Å².